The highest BCUT2D eigenvalue weighted by Crippen LogP contribution is 1.91. The molecule has 0 fully saturated rings. The van der Waals surface area contributed by atoms with Gasteiger partial charge < -0.3 is 15.3 Å². The van der Waals surface area contributed by atoms with Crippen LogP contribution < -0.4 is 5.32 Å². The molecular formula is C8H10N6O3. The third-order valence-electron chi connectivity index (χ3n) is 1.68. The Morgan fingerprint density at radius 2 is 2.35 bits per heavy atom. The van der Waals surface area contributed by atoms with Crippen molar-refractivity contribution in [2.75, 3.05) is 13.1 Å². The lowest BCUT2D eigenvalue weighted by atomic mass is 10.5. The molecule has 0 aromatic carbocycles. The van der Waals surface area contributed by atoms with Crippen molar-refractivity contribution in [3.8, 4) is 12.3 Å². The Morgan fingerprint density at radius 3 is 2.88 bits per heavy atom. The van der Waals surface area contributed by atoms with Crippen LogP contribution in [0.2, 0.25) is 0 Å². The van der Waals surface area contributed by atoms with Gasteiger partial charge in [0.15, 0.2) is 5.82 Å². The number of carboxylic acids is 1. The van der Waals surface area contributed by atoms with E-state index in [0.717, 1.165) is 4.90 Å². The second kappa shape index (κ2) is 6.06. The first-order valence-corrected chi connectivity index (χ1v) is 4.54. The van der Waals surface area contributed by atoms with Gasteiger partial charge in [0.2, 0.25) is 0 Å². The van der Waals surface area contributed by atoms with Crippen LogP contribution in [0.15, 0.2) is 0 Å². The molecule has 0 aliphatic heterocycles. The largest absolute Gasteiger partial charge is 0.480 e. The predicted molar refractivity (Wildman–Crippen MR) is 54.5 cm³/mol. The Kier molecular flexibility index (Phi) is 4.44. The van der Waals surface area contributed by atoms with Gasteiger partial charge in [0.05, 0.1) is 13.1 Å². The first-order chi connectivity index (χ1) is 8.13. The fourth-order valence-corrected chi connectivity index (χ4v) is 0.997. The number of aromatic amines is 1. The minimum atomic E-state index is -1.14. The fourth-order valence-electron chi connectivity index (χ4n) is 0.997. The van der Waals surface area contributed by atoms with Gasteiger partial charge in [-0.15, -0.1) is 16.6 Å². The van der Waals surface area contributed by atoms with Crippen LogP contribution in [-0.4, -0.2) is 55.7 Å². The number of aromatic nitrogens is 4. The van der Waals surface area contributed by atoms with Gasteiger partial charge in [-0.25, -0.2) is 4.79 Å². The number of terminal acetylenes is 1. The second-order valence-electron chi connectivity index (χ2n) is 2.94. The zero-order valence-electron chi connectivity index (χ0n) is 8.75. The van der Waals surface area contributed by atoms with E-state index in [1.165, 1.54) is 0 Å². The van der Waals surface area contributed by atoms with E-state index in [-0.39, 0.29) is 18.9 Å². The van der Waals surface area contributed by atoms with Gasteiger partial charge in [0, 0.05) is 0 Å². The summed E-state index contributed by atoms with van der Waals surface area (Å²) in [4.78, 5) is 23.0. The van der Waals surface area contributed by atoms with Crippen molar-refractivity contribution < 1.29 is 14.7 Å². The van der Waals surface area contributed by atoms with E-state index >= 15 is 0 Å². The van der Waals surface area contributed by atoms with Crippen molar-refractivity contribution in [3.63, 3.8) is 0 Å². The average molecular weight is 238 g/mol. The Labute approximate surface area is 96.2 Å². The maximum absolute atomic E-state index is 11.5. The van der Waals surface area contributed by atoms with Crippen LogP contribution in [-0.2, 0) is 11.3 Å². The summed E-state index contributed by atoms with van der Waals surface area (Å²) in [6, 6.07) is -0.602. The van der Waals surface area contributed by atoms with Crippen LogP contribution in [0.1, 0.15) is 5.82 Å². The van der Waals surface area contributed by atoms with E-state index in [0.29, 0.717) is 0 Å². The summed E-state index contributed by atoms with van der Waals surface area (Å²) in [5.41, 5.74) is 0. The number of H-pyrrole nitrogens is 1. The van der Waals surface area contributed by atoms with Crippen LogP contribution in [0.25, 0.3) is 0 Å². The summed E-state index contributed by atoms with van der Waals surface area (Å²) in [6.45, 7) is -0.525. The van der Waals surface area contributed by atoms with Crippen molar-refractivity contribution >= 4 is 12.0 Å². The second-order valence-corrected chi connectivity index (χ2v) is 2.94. The van der Waals surface area contributed by atoms with E-state index in [1.807, 2.05) is 0 Å². The Balaban J connectivity index is 2.47. The molecule has 1 aromatic rings. The van der Waals surface area contributed by atoms with Crippen LogP contribution in [0, 0.1) is 12.3 Å². The molecule has 0 radical (unpaired) electrons. The molecule has 0 unspecified atom stereocenters. The summed E-state index contributed by atoms with van der Waals surface area (Å²) in [5, 5.41) is 23.8. The average Bonchev–Trinajstić information content (AvgIpc) is 2.77. The van der Waals surface area contributed by atoms with Gasteiger partial charge >= 0.3 is 12.0 Å². The third kappa shape index (κ3) is 4.17. The molecule has 1 heterocycles. The molecular weight excluding hydrogens is 228 g/mol. The number of carbonyl (C=O) groups excluding carboxylic acids is 1. The first kappa shape index (κ1) is 12.4. The number of tetrazole rings is 1. The molecule has 90 valence electrons. The van der Waals surface area contributed by atoms with Gasteiger partial charge in [0.1, 0.15) is 6.54 Å². The van der Waals surface area contributed by atoms with Crippen molar-refractivity contribution in [3.05, 3.63) is 5.82 Å². The van der Waals surface area contributed by atoms with Crippen LogP contribution >= 0.6 is 0 Å². The number of carboxylic acid groups (broad SMARTS) is 1. The predicted octanol–water partition coefficient (Wildman–Crippen LogP) is -1.57. The lowest BCUT2D eigenvalue weighted by Crippen LogP contribution is -2.42. The maximum atomic E-state index is 11.5. The van der Waals surface area contributed by atoms with E-state index < -0.39 is 18.5 Å². The van der Waals surface area contributed by atoms with Crippen molar-refractivity contribution in [1.82, 2.24) is 30.8 Å². The molecule has 1 aromatic heterocycles. The fraction of sp³-hybridized carbons (Fsp3) is 0.375. The highest BCUT2D eigenvalue weighted by molar-refractivity contribution is 5.80. The molecule has 9 heteroatoms. The van der Waals surface area contributed by atoms with E-state index in [1.54, 1.807) is 0 Å². The van der Waals surface area contributed by atoms with Crippen LogP contribution in [0.3, 0.4) is 0 Å². The summed E-state index contributed by atoms with van der Waals surface area (Å²) in [5.74, 6) is 1.34. The number of carbonyl (C=O) groups is 2. The zero-order valence-corrected chi connectivity index (χ0v) is 8.75. The van der Waals surface area contributed by atoms with Crippen LogP contribution in [0.5, 0.6) is 0 Å². The van der Waals surface area contributed by atoms with Crippen molar-refractivity contribution in [2.24, 2.45) is 0 Å². The SMILES string of the molecule is C#CCN(CC(=O)O)C(=O)NCc1nn[nH]n1. The number of hydrogen-bond acceptors (Lipinski definition) is 5. The molecule has 17 heavy (non-hydrogen) atoms. The van der Waals surface area contributed by atoms with Gasteiger partial charge in [-0.2, -0.15) is 5.21 Å². The summed E-state index contributed by atoms with van der Waals surface area (Å²) in [6.07, 6.45) is 5.03. The lowest BCUT2D eigenvalue weighted by molar-refractivity contribution is -0.137. The van der Waals surface area contributed by atoms with E-state index in [4.69, 9.17) is 11.5 Å². The summed E-state index contributed by atoms with van der Waals surface area (Å²) < 4.78 is 0. The number of nitrogens with zero attached hydrogens (tertiary/aromatic N) is 4. The molecule has 0 spiro atoms. The Morgan fingerprint density at radius 1 is 1.59 bits per heavy atom. The number of urea groups is 1. The van der Waals surface area contributed by atoms with Gasteiger partial charge in [-0.3, -0.25) is 4.79 Å². The number of aliphatic carboxylic acids is 1. The zero-order chi connectivity index (χ0) is 12.7. The maximum Gasteiger partial charge on any atom is 0.323 e. The van der Waals surface area contributed by atoms with Gasteiger partial charge in [-0.1, -0.05) is 11.1 Å². The number of nitrogens with one attached hydrogen (secondary N) is 2. The first-order valence-electron chi connectivity index (χ1n) is 4.54. The van der Waals surface area contributed by atoms with Crippen molar-refractivity contribution in [2.45, 2.75) is 6.54 Å². The highest BCUT2D eigenvalue weighted by Gasteiger charge is 2.15. The van der Waals surface area contributed by atoms with Gasteiger partial charge in [-0.05, 0) is 0 Å². The standard InChI is InChI=1S/C8H10N6O3/c1-2-3-14(5-7(15)16)8(17)9-4-6-10-12-13-11-6/h1H,3-5H2,(H,9,17)(H,15,16)(H,10,11,12,13). The smallest absolute Gasteiger partial charge is 0.323 e. The number of hydrogen-bond donors (Lipinski definition) is 3. The molecule has 0 atom stereocenters. The number of amides is 2. The molecule has 1 rings (SSSR count). The normalized spacial score (nSPS) is 9.35. The summed E-state index contributed by atoms with van der Waals surface area (Å²) >= 11 is 0. The topological polar surface area (TPSA) is 124 Å². The molecule has 0 saturated carbocycles. The third-order valence-corrected chi connectivity index (χ3v) is 1.68. The van der Waals surface area contributed by atoms with E-state index in [9.17, 15) is 9.59 Å². The van der Waals surface area contributed by atoms with Crippen molar-refractivity contribution in [1.29, 1.82) is 0 Å². The molecule has 0 saturated heterocycles. The Bertz CT molecular complexity index is 423. The molecule has 3 N–H and O–H groups in total. The van der Waals surface area contributed by atoms with Crippen LogP contribution in [0.4, 0.5) is 4.79 Å². The molecule has 0 bridgehead atoms. The molecule has 0 aliphatic carbocycles. The molecule has 9 nitrogen and oxygen atoms in total. The van der Waals surface area contributed by atoms with Gasteiger partial charge in [0.25, 0.3) is 0 Å². The summed E-state index contributed by atoms with van der Waals surface area (Å²) in [7, 11) is 0. The monoisotopic (exact) mass is 238 g/mol. The molecule has 2 amide bonds. The Hall–Kier alpha value is -2.63. The van der Waals surface area contributed by atoms with E-state index in [2.05, 4.69) is 31.9 Å². The number of rotatable bonds is 5. The lowest BCUT2D eigenvalue weighted by Gasteiger charge is -2.17. The minimum absolute atomic E-state index is 0.0377. The minimum Gasteiger partial charge on any atom is -0.480 e. The molecule has 0 aliphatic rings. The quantitative estimate of drug-likeness (QED) is 0.532. The highest BCUT2D eigenvalue weighted by atomic mass is 16.4.